The molecule has 0 saturated heterocycles. The lowest BCUT2D eigenvalue weighted by Gasteiger charge is -2.09. The molecule has 0 aromatic heterocycles. The van der Waals surface area contributed by atoms with E-state index in [0.29, 0.717) is 5.92 Å². The van der Waals surface area contributed by atoms with Crippen LogP contribution < -0.4 is 0 Å². The molecule has 0 amide bonds. The summed E-state index contributed by atoms with van der Waals surface area (Å²) in [6, 6.07) is 0. The molecule has 0 aromatic carbocycles. The maximum absolute atomic E-state index is 11.8. The highest BCUT2D eigenvalue weighted by Gasteiger charge is 2.29. The van der Waals surface area contributed by atoms with Crippen LogP contribution in [0.1, 0.15) is 45.4 Å². The lowest BCUT2D eigenvalue weighted by molar-refractivity contribution is -0.137. The van der Waals surface area contributed by atoms with Crippen molar-refractivity contribution in [3.63, 3.8) is 0 Å². The first-order valence-electron chi connectivity index (χ1n) is 5.48. The third-order valence-electron chi connectivity index (χ3n) is 3.03. The summed E-state index contributed by atoms with van der Waals surface area (Å²) in [6.07, 6.45) is -2.14. The van der Waals surface area contributed by atoms with E-state index in [9.17, 15) is 18.0 Å². The molecule has 0 spiro atoms. The van der Waals surface area contributed by atoms with Crippen LogP contribution in [0.2, 0.25) is 0 Å². The summed E-state index contributed by atoms with van der Waals surface area (Å²) in [5.41, 5.74) is 0. The van der Waals surface area contributed by atoms with Gasteiger partial charge in [0, 0.05) is 18.8 Å². The molecule has 1 aliphatic carbocycles. The van der Waals surface area contributed by atoms with Crippen molar-refractivity contribution in [1.82, 2.24) is 0 Å². The van der Waals surface area contributed by atoms with Crippen LogP contribution in [0.5, 0.6) is 0 Å². The molecule has 0 radical (unpaired) electrons. The van der Waals surface area contributed by atoms with Gasteiger partial charge in [0.1, 0.15) is 5.78 Å². The molecule has 2 unspecified atom stereocenters. The van der Waals surface area contributed by atoms with E-state index >= 15 is 0 Å². The number of alkyl halides is 3. The summed E-state index contributed by atoms with van der Waals surface area (Å²) >= 11 is 0. The van der Waals surface area contributed by atoms with Gasteiger partial charge >= 0.3 is 6.18 Å². The minimum absolute atomic E-state index is 0.0311. The van der Waals surface area contributed by atoms with Crippen LogP contribution in [-0.4, -0.2) is 12.0 Å². The van der Waals surface area contributed by atoms with Gasteiger partial charge in [-0.2, -0.15) is 13.2 Å². The van der Waals surface area contributed by atoms with Crippen LogP contribution in [0.3, 0.4) is 0 Å². The molecular formula is C11H17F3O. The second kappa shape index (κ2) is 4.99. The lowest BCUT2D eigenvalue weighted by Crippen LogP contribution is -2.13. The van der Waals surface area contributed by atoms with Crippen molar-refractivity contribution in [2.75, 3.05) is 0 Å². The lowest BCUT2D eigenvalue weighted by atomic mass is 9.97. The maximum atomic E-state index is 11.8. The Morgan fingerprint density at radius 2 is 2.00 bits per heavy atom. The molecule has 2 atom stereocenters. The van der Waals surface area contributed by atoms with E-state index in [2.05, 4.69) is 6.92 Å². The highest BCUT2D eigenvalue weighted by Crippen LogP contribution is 2.32. The van der Waals surface area contributed by atoms with Crippen molar-refractivity contribution < 1.29 is 18.0 Å². The van der Waals surface area contributed by atoms with E-state index in [0.717, 1.165) is 19.3 Å². The third kappa shape index (κ3) is 4.67. The van der Waals surface area contributed by atoms with Crippen molar-refractivity contribution in [1.29, 1.82) is 0 Å². The molecule has 1 saturated carbocycles. The molecule has 1 fully saturated rings. The molecule has 4 heteroatoms. The Bertz CT molecular complexity index is 222. The van der Waals surface area contributed by atoms with Crippen LogP contribution in [0.25, 0.3) is 0 Å². The summed E-state index contributed by atoms with van der Waals surface area (Å²) in [5, 5.41) is 0. The van der Waals surface area contributed by atoms with Gasteiger partial charge in [0.05, 0.1) is 0 Å². The molecule has 1 aliphatic rings. The molecule has 1 rings (SSSR count). The molecule has 0 aliphatic heterocycles. The fourth-order valence-corrected chi connectivity index (χ4v) is 2.17. The first-order valence-corrected chi connectivity index (χ1v) is 5.48. The fourth-order valence-electron chi connectivity index (χ4n) is 2.17. The van der Waals surface area contributed by atoms with Crippen LogP contribution in [0.15, 0.2) is 0 Å². The van der Waals surface area contributed by atoms with Gasteiger partial charge in [0.15, 0.2) is 0 Å². The number of hydrogen-bond donors (Lipinski definition) is 0. The zero-order chi connectivity index (χ0) is 11.5. The predicted octanol–water partition coefficient (Wildman–Crippen LogP) is 3.72. The second-order valence-electron chi connectivity index (χ2n) is 4.55. The van der Waals surface area contributed by atoms with Gasteiger partial charge in [0.25, 0.3) is 0 Å². The molecular weight excluding hydrogens is 205 g/mol. The second-order valence-corrected chi connectivity index (χ2v) is 4.55. The van der Waals surface area contributed by atoms with E-state index in [1.54, 1.807) is 0 Å². The Morgan fingerprint density at radius 1 is 1.33 bits per heavy atom. The van der Waals surface area contributed by atoms with Gasteiger partial charge in [-0.15, -0.1) is 0 Å². The topological polar surface area (TPSA) is 17.1 Å². The Labute approximate surface area is 88.0 Å². The van der Waals surface area contributed by atoms with E-state index in [4.69, 9.17) is 0 Å². The summed E-state index contributed by atoms with van der Waals surface area (Å²) in [5.74, 6) is 0.624. The largest absolute Gasteiger partial charge is 0.389 e. The zero-order valence-corrected chi connectivity index (χ0v) is 8.94. The van der Waals surface area contributed by atoms with Crippen molar-refractivity contribution in [2.24, 2.45) is 11.8 Å². The number of carbonyl (C=O) groups is 1. The molecule has 0 bridgehead atoms. The average molecular weight is 222 g/mol. The summed E-state index contributed by atoms with van der Waals surface area (Å²) in [7, 11) is 0. The summed E-state index contributed by atoms with van der Waals surface area (Å²) < 4.78 is 35.5. The van der Waals surface area contributed by atoms with E-state index in [-0.39, 0.29) is 24.5 Å². The van der Waals surface area contributed by atoms with E-state index < -0.39 is 12.6 Å². The fraction of sp³-hybridized carbons (Fsp3) is 0.909. The molecule has 0 aromatic rings. The Morgan fingerprint density at radius 3 is 2.47 bits per heavy atom. The number of ketones is 1. The predicted molar refractivity (Wildman–Crippen MR) is 51.4 cm³/mol. The standard InChI is InChI=1S/C11H17F3O/c1-8-4-5-9(7-8)10(15)3-2-6-11(12,13)14/h8-9H,2-7H2,1H3. The molecule has 1 nitrogen and oxygen atoms in total. The molecule has 15 heavy (non-hydrogen) atoms. The Kier molecular flexibility index (Phi) is 4.17. The molecule has 0 heterocycles. The number of hydrogen-bond acceptors (Lipinski definition) is 1. The minimum atomic E-state index is -4.12. The summed E-state index contributed by atoms with van der Waals surface area (Å²) in [4.78, 5) is 11.5. The smallest absolute Gasteiger partial charge is 0.299 e. The monoisotopic (exact) mass is 222 g/mol. The molecule has 88 valence electrons. The van der Waals surface area contributed by atoms with E-state index in [1.807, 2.05) is 0 Å². The van der Waals surface area contributed by atoms with Gasteiger partial charge in [0.2, 0.25) is 0 Å². The van der Waals surface area contributed by atoms with Crippen LogP contribution in [0.4, 0.5) is 13.2 Å². The number of rotatable bonds is 4. The van der Waals surface area contributed by atoms with Crippen LogP contribution in [0, 0.1) is 11.8 Å². The average Bonchev–Trinajstić information content (AvgIpc) is 2.49. The van der Waals surface area contributed by atoms with E-state index in [1.165, 1.54) is 0 Å². The third-order valence-corrected chi connectivity index (χ3v) is 3.03. The Balaban J connectivity index is 2.19. The van der Waals surface area contributed by atoms with Gasteiger partial charge in [-0.1, -0.05) is 6.92 Å². The van der Waals surface area contributed by atoms with Crippen LogP contribution in [-0.2, 0) is 4.79 Å². The number of Topliss-reactive ketones (excluding diaryl/α,β-unsaturated/α-hetero) is 1. The van der Waals surface area contributed by atoms with Crippen molar-refractivity contribution in [3.05, 3.63) is 0 Å². The van der Waals surface area contributed by atoms with Crippen LogP contribution >= 0.6 is 0 Å². The first kappa shape index (κ1) is 12.5. The minimum Gasteiger partial charge on any atom is -0.299 e. The highest BCUT2D eigenvalue weighted by atomic mass is 19.4. The number of carbonyl (C=O) groups excluding carboxylic acids is 1. The summed E-state index contributed by atoms with van der Waals surface area (Å²) in [6.45, 7) is 2.09. The number of halogens is 3. The van der Waals surface area contributed by atoms with Gasteiger partial charge in [-0.3, -0.25) is 4.79 Å². The SMILES string of the molecule is CC1CCC(C(=O)CCCC(F)(F)F)C1. The van der Waals surface area contributed by atoms with Gasteiger partial charge < -0.3 is 0 Å². The van der Waals surface area contributed by atoms with Crippen molar-refractivity contribution in [3.8, 4) is 0 Å². The first-order chi connectivity index (χ1) is 6.88. The normalized spacial score (nSPS) is 26.9. The zero-order valence-electron chi connectivity index (χ0n) is 8.94. The molecule has 0 N–H and O–H groups in total. The van der Waals surface area contributed by atoms with Crippen molar-refractivity contribution in [2.45, 2.75) is 51.6 Å². The maximum Gasteiger partial charge on any atom is 0.389 e. The quantitative estimate of drug-likeness (QED) is 0.708. The van der Waals surface area contributed by atoms with Crippen molar-refractivity contribution >= 4 is 5.78 Å². The van der Waals surface area contributed by atoms with Gasteiger partial charge in [-0.25, -0.2) is 0 Å². The Hall–Kier alpha value is -0.540. The van der Waals surface area contributed by atoms with Gasteiger partial charge in [-0.05, 0) is 31.6 Å². The highest BCUT2D eigenvalue weighted by molar-refractivity contribution is 5.81.